The molecule has 296 valence electrons. The van der Waals surface area contributed by atoms with Crippen molar-refractivity contribution in [1.82, 2.24) is 10.2 Å². The Morgan fingerprint density at radius 3 is 1.84 bits per heavy atom. The second-order valence-electron chi connectivity index (χ2n) is 13.5. The first kappa shape index (κ1) is 40.6. The van der Waals surface area contributed by atoms with Crippen LogP contribution >= 0.6 is 0 Å². The van der Waals surface area contributed by atoms with Crippen LogP contribution in [0.15, 0.2) is 66.7 Å². The number of hydrogen-bond acceptors (Lipinski definition) is 13. The highest BCUT2D eigenvalue weighted by atomic mass is 16.7. The maximum Gasteiger partial charge on any atom is 0.346 e. The summed E-state index contributed by atoms with van der Waals surface area (Å²) in [6.07, 6.45) is -1.18. The Hall–Kier alpha value is -4.09. The molecule has 0 spiro atoms. The maximum atomic E-state index is 12.9. The van der Waals surface area contributed by atoms with Crippen LogP contribution in [0.25, 0.3) is 0 Å². The molecule has 55 heavy (non-hydrogen) atoms. The minimum Gasteiger partial charge on any atom is -0.392 e. The second kappa shape index (κ2) is 20.7. The quantitative estimate of drug-likeness (QED) is 0.253. The zero-order valence-corrected chi connectivity index (χ0v) is 31.2. The Bertz CT molecular complexity index is 1680. The topological polar surface area (TPSA) is 161 Å². The van der Waals surface area contributed by atoms with E-state index < -0.39 is 18.2 Å². The highest BCUT2D eigenvalue weighted by molar-refractivity contribution is 6.15. The third-order valence-electron chi connectivity index (χ3n) is 9.77. The van der Waals surface area contributed by atoms with E-state index in [0.717, 1.165) is 22.3 Å². The zero-order chi connectivity index (χ0) is 38.4. The molecule has 3 aromatic carbocycles. The lowest BCUT2D eigenvalue weighted by Crippen LogP contribution is -2.46. The minimum atomic E-state index is -0.760. The minimum absolute atomic E-state index is 0.0243. The van der Waals surface area contributed by atoms with Crippen LogP contribution in [-0.4, -0.2) is 120 Å². The fraction of sp³-hybridized carbons (Fsp3) is 0.488. The molecule has 0 aliphatic carbocycles. The summed E-state index contributed by atoms with van der Waals surface area (Å²) in [4.78, 5) is 38.9. The summed E-state index contributed by atoms with van der Waals surface area (Å²) in [7, 11) is 0. The summed E-state index contributed by atoms with van der Waals surface area (Å²) in [6.45, 7) is 9.29. The first-order chi connectivity index (χ1) is 26.9. The van der Waals surface area contributed by atoms with Gasteiger partial charge in [-0.15, -0.1) is 0 Å². The highest BCUT2D eigenvalue weighted by Gasteiger charge is 2.39. The average Bonchev–Trinajstić information content (AvgIpc) is 3.50. The summed E-state index contributed by atoms with van der Waals surface area (Å²) < 4.78 is 46.6. The normalized spacial score (nSPS) is 24.0. The number of carbonyl (C=O) groups excluding carboxylic acids is 3. The van der Waals surface area contributed by atoms with E-state index in [1.807, 2.05) is 48.5 Å². The lowest BCUT2D eigenvalue weighted by Gasteiger charge is -2.43. The molecule has 2 saturated heterocycles. The van der Waals surface area contributed by atoms with Crippen LogP contribution < -0.4 is 5.32 Å². The molecule has 1 amide bonds. The summed E-state index contributed by atoms with van der Waals surface area (Å²) in [5.74, 6) is -1.89. The molecular formula is C41H50N2O12. The van der Waals surface area contributed by atoms with Gasteiger partial charge in [-0.3, -0.25) is 9.69 Å². The maximum absolute atomic E-state index is 12.9. The van der Waals surface area contributed by atoms with Gasteiger partial charge in [0.05, 0.1) is 96.0 Å². The van der Waals surface area contributed by atoms with Crippen LogP contribution in [0.3, 0.4) is 0 Å². The van der Waals surface area contributed by atoms with E-state index in [4.69, 9.17) is 33.2 Å². The average molecular weight is 763 g/mol. The largest absolute Gasteiger partial charge is 0.392 e. The summed E-state index contributed by atoms with van der Waals surface area (Å²) in [5, 5.41) is 12.5. The smallest absolute Gasteiger partial charge is 0.346 e. The molecule has 4 unspecified atom stereocenters. The number of ether oxygens (including phenoxy) is 8. The number of cyclic esters (lactones) is 2. The first-order valence-electron chi connectivity index (χ1n) is 18.8. The van der Waals surface area contributed by atoms with E-state index in [0.29, 0.717) is 85.7 Å². The summed E-state index contributed by atoms with van der Waals surface area (Å²) in [6, 6.07) is 19.8. The van der Waals surface area contributed by atoms with Crippen LogP contribution in [-0.2, 0) is 51.0 Å². The fourth-order valence-electron chi connectivity index (χ4n) is 6.55. The number of fused-ring (bicyclic) bond motifs is 1. The number of rotatable bonds is 8. The molecule has 6 rings (SSSR count). The Labute approximate surface area is 320 Å². The van der Waals surface area contributed by atoms with Gasteiger partial charge in [-0.1, -0.05) is 55.5 Å². The number of aliphatic hydroxyl groups excluding tert-OH is 1. The standard InChI is InChI=1S/C41H50N2O12/c1-28-36(26-43-12-14-48-16-18-50-20-22-52-23-21-51-19-17-49-15-13-43)53-41(54-37(28)31-6-4-30(27-44)5-7-31)32-8-2-29(3-9-32)25-42-38(45)33-10-11-34-35(24-33)40(47)55-39(34)46/h2-11,24,28,36-37,41,44H,12-23,25-27H2,1H3,(H,42,45). The molecule has 3 heterocycles. The molecule has 4 atom stereocenters. The van der Waals surface area contributed by atoms with Crippen LogP contribution in [0.5, 0.6) is 0 Å². The van der Waals surface area contributed by atoms with Crippen LogP contribution in [0.4, 0.5) is 0 Å². The van der Waals surface area contributed by atoms with Crippen molar-refractivity contribution in [2.45, 2.75) is 38.6 Å². The predicted molar refractivity (Wildman–Crippen MR) is 197 cm³/mol. The molecule has 0 saturated carbocycles. The van der Waals surface area contributed by atoms with Gasteiger partial charge in [0.2, 0.25) is 0 Å². The number of amides is 1. The molecule has 14 nitrogen and oxygen atoms in total. The molecule has 0 aromatic heterocycles. The first-order valence-corrected chi connectivity index (χ1v) is 18.8. The van der Waals surface area contributed by atoms with Crippen molar-refractivity contribution in [3.63, 3.8) is 0 Å². The number of esters is 2. The van der Waals surface area contributed by atoms with Crippen LogP contribution in [0.2, 0.25) is 0 Å². The van der Waals surface area contributed by atoms with Crippen molar-refractivity contribution in [3.05, 3.63) is 106 Å². The van der Waals surface area contributed by atoms with Gasteiger partial charge in [-0.25, -0.2) is 9.59 Å². The van der Waals surface area contributed by atoms with Crippen molar-refractivity contribution in [1.29, 1.82) is 0 Å². The van der Waals surface area contributed by atoms with Gasteiger partial charge in [-0.2, -0.15) is 0 Å². The summed E-state index contributed by atoms with van der Waals surface area (Å²) in [5.41, 5.74) is 3.96. The molecule has 0 radical (unpaired) electrons. The predicted octanol–water partition coefficient (Wildman–Crippen LogP) is 3.61. The van der Waals surface area contributed by atoms with E-state index in [1.165, 1.54) is 18.2 Å². The van der Waals surface area contributed by atoms with E-state index in [2.05, 4.69) is 21.9 Å². The van der Waals surface area contributed by atoms with Crippen molar-refractivity contribution < 1.29 is 57.4 Å². The Kier molecular flexibility index (Phi) is 15.3. The van der Waals surface area contributed by atoms with Gasteiger partial charge in [0.1, 0.15) is 0 Å². The van der Waals surface area contributed by atoms with Gasteiger partial charge in [-0.05, 0) is 34.9 Å². The molecule has 2 fully saturated rings. The van der Waals surface area contributed by atoms with Crippen molar-refractivity contribution in [2.75, 3.05) is 85.7 Å². The Balaban J connectivity index is 1.12. The SMILES string of the molecule is CC1C(CN2CCOCCOCCOCCOCCOCC2)OC(c2ccc(CNC(=O)c3ccc4c(c3)C(=O)OC4=O)cc2)OC1c1ccc(CO)cc1. The molecule has 3 aliphatic rings. The second-order valence-corrected chi connectivity index (χ2v) is 13.5. The van der Waals surface area contributed by atoms with Gasteiger partial charge >= 0.3 is 11.9 Å². The van der Waals surface area contributed by atoms with Crippen molar-refractivity contribution in [3.8, 4) is 0 Å². The third kappa shape index (κ3) is 11.5. The van der Waals surface area contributed by atoms with Gasteiger partial charge < -0.3 is 48.3 Å². The van der Waals surface area contributed by atoms with E-state index in [9.17, 15) is 19.5 Å². The van der Waals surface area contributed by atoms with E-state index in [1.54, 1.807) is 0 Å². The number of hydrogen-bond donors (Lipinski definition) is 2. The summed E-state index contributed by atoms with van der Waals surface area (Å²) >= 11 is 0. The van der Waals surface area contributed by atoms with Crippen molar-refractivity contribution in [2.24, 2.45) is 5.92 Å². The number of nitrogens with zero attached hydrogens (tertiary/aromatic N) is 1. The Morgan fingerprint density at radius 1 is 0.691 bits per heavy atom. The monoisotopic (exact) mass is 762 g/mol. The number of nitrogens with one attached hydrogen (secondary N) is 1. The van der Waals surface area contributed by atoms with Crippen molar-refractivity contribution >= 4 is 17.8 Å². The van der Waals surface area contributed by atoms with Gasteiger partial charge in [0, 0.05) is 43.2 Å². The fourth-order valence-corrected chi connectivity index (χ4v) is 6.55. The molecule has 3 aromatic rings. The number of benzene rings is 3. The molecule has 14 heteroatoms. The third-order valence-corrected chi connectivity index (χ3v) is 9.77. The highest BCUT2D eigenvalue weighted by Crippen LogP contribution is 2.42. The molecule has 0 bridgehead atoms. The van der Waals surface area contributed by atoms with Crippen LogP contribution in [0.1, 0.15) is 72.6 Å². The van der Waals surface area contributed by atoms with E-state index in [-0.39, 0.29) is 53.9 Å². The zero-order valence-electron chi connectivity index (χ0n) is 31.2. The lowest BCUT2D eigenvalue weighted by molar-refractivity contribution is -0.276. The van der Waals surface area contributed by atoms with Gasteiger partial charge in [0.25, 0.3) is 5.91 Å². The van der Waals surface area contributed by atoms with E-state index >= 15 is 0 Å². The number of carbonyl (C=O) groups is 3. The van der Waals surface area contributed by atoms with Gasteiger partial charge in [0.15, 0.2) is 6.29 Å². The molecule has 3 aliphatic heterocycles. The number of aliphatic hydroxyl groups is 1. The lowest BCUT2D eigenvalue weighted by atomic mass is 9.90. The molecular weight excluding hydrogens is 712 g/mol. The van der Waals surface area contributed by atoms with Crippen LogP contribution in [0, 0.1) is 5.92 Å². The Morgan fingerprint density at radius 2 is 1.24 bits per heavy atom. The molecule has 2 N–H and O–H groups in total.